The average Bonchev–Trinajstić information content (AvgIpc) is 3.12. The first-order chi connectivity index (χ1) is 15.8. The number of hydrogen-bond acceptors (Lipinski definition) is 7. The van der Waals surface area contributed by atoms with E-state index >= 15 is 0 Å². The highest BCUT2D eigenvalue weighted by Gasteiger charge is 2.24. The highest BCUT2D eigenvalue weighted by Crippen LogP contribution is 2.36. The zero-order chi connectivity index (χ0) is 24.0. The smallest absolute Gasteiger partial charge is 0.411 e. The van der Waals surface area contributed by atoms with Gasteiger partial charge >= 0.3 is 18.0 Å². The van der Waals surface area contributed by atoms with Crippen molar-refractivity contribution in [1.29, 1.82) is 0 Å². The number of amides is 1. The third-order valence-corrected chi connectivity index (χ3v) is 5.01. The molecule has 9 nitrogen and oxygen atoms in total. The monoisotopic (exact) mass is 519 g/mol. The molecule has 3 aromatic rings. The summed E-state index contributed by atoms with van der Waals surface area (Å²) in [6, 6.07) is 10.2. The minimum Gasteiger partial charge on any atom is -0.488 e. The number of furan rings is 1. The molecule has 0 radical (unpaired) electrons. The fourth-order valence-electron chi connectivity index (χ4n) is 3.21. The molecule has 0 bridgehead atoms. The van der Waals surface area contributed by atoms with Crippen LogP contribution in [0.3, 0.4) is 0 Å². The molecule has 0 fully saturated rings. The van der Waals surface area contributed by atoms with Crippen LogP contribution in [0.5, 0.6) is 5.75 Å². The molecule has 1 aromatic heterocycles. The highest BCUT2D eigenvalue weighted by molar-refractivity contribution is 9.10. The number of benzene rings is 2. The lowest BCUT2D eigenvalue weighted by Gasteiger charge is -2.11. The Labute approximate surface area is 197 Å². The van der Waals surface area contributed by atoms with Crippen molar-refractivity contribution in [3.63, 3.8) is 0 Å². The molecular formula is C23H22BrNO8. The molecular weight excluding hydrogens is 498 g/mol. The van der Waals surface area contributed by atoms with Crippen molar-refractivity contribution < 1.29 is 38.1 Å². The van der Waals surface area contributed by atoms with Crippen LogP contribution in [0, 0.1) is 0 Å². The molecule has 0 saturated carbocycles. The third kappa shape index (κ3) is 5.83. The molecule has 0 saturated heterocycles. The summed E-state index contributed by atoms with van der Waals surface area (Å²) in [7, 11) is 0. The molecule has 1 amide bonds. The summed E-state index contributed by atoms with van der Waals surface area (Å²) in [5.74, 6) is -1.59. The van der Waals surface area contributed by atoms with E-state index < -0.39 is 18.0 Å². The molecule has 0 spiro atoms. The number of anilines is 1. The van der Waals surface area contributed by atoms with Crippen molar-refractivity contribution in [3.8, 4) is 5.75 Å². The van der Waals surface area contributed by atoms with Gasteiger partial charge in [0.1, 0.15) is 12.4 Å². The van der Waals surface area contributed by atoms with E-state index in [0.29, 0.717) is 21.2 Å². The Bertz CT molecular complexity index is 1190. The normalized spacial score (nSPS) is 10.6. The summed E-state index contributed by atoms with van der Waals surface area (Å²) in [4.78, 5) is 35.7. The number of nitrogens with one attached hydrogen (secondary N) is 1. The van der Waals surface area contributed by atoms with Gasteiger partial charge in [-0.1, -0.05) is 34.1 Å². The molecule has 2 aromatic carbocycles. The van der Waals surface area contributed by atoms with Gasteiger partial charge in [-0.25, -0.2) is 9.59 Å². The molecule has 174 valence electrons. The lowest BCUT2D eigenvalue weighted by Crippen LogP contribution is -2.13. The number of carboxylic acid groups (broad SMARTS) is 1. The second kappa shape index (κ2) is 10.9. The van der Waals surface area contributed by atoms with Crippen LogP contribution < -0.4 is 10.1 Å². The lowest BCUT2D eigenvalue weighted by atomic mass is 10.1. The quantitative estimate of drug-likeness (QED) is 0.372. The molecule has 0 atom stereocenters. The van der Waals surface area contributed by atoms with Gasteiger partial charge in [0.25, 0.3) is 0 Å². The number of hydrogen-bond donors (Lipinski definition) is 2. The van der Waals surface area contributed by atoms with Gasteiger partial charge in [0.05, 0.1) is 30.9 Å². The van der Waals surface area contributed by atoms with Gasteiger partial charge in [0.15, 0.2) is 5.58 Å². The highest BCUT2D eigenvalue weighted by atomic mass is 79.9. The number of para-hydroxylation sites is 1. The summed E-state index contributed by atoms with van der Waals surface area (Å²) in [6.45, 7) is 3.68. The molecule has 0 aliphatic heterocycles. The largest absolute Gasteiger partial charge is 0.488 e. The molecule has 0 aliphatic rings. The molecule has 3 rings (SSSR count). The van der Waals surface area contributed by atoms with E-state index in [2.05, 4.69) is 21.2 Å². The number of carboxylic acids is 1. The minimum absolute atomic E-state index is 0.0150. The number of ether oxygens (including phenoxy) is 3. The maximum Gasteiger partial charge on any atom is 0.411 e. The molecule has 0 unspecified atom stereocenters. The first-order valence-corrected chi connectivity index (χ1v) is 10.9. The second-order valence-electron chi connectivity index (χ2n) is 6.77. The van der Waals surface area contributed by atoms with Gasteiger partial charge in [-0.3, -0.25) is 10.1 Å². The zero-order valence-corrected chi connectivity index (χ0v) is 19.6. The van der Waals surface area contributed by atoms with Crippen LogP contribution in [-0.2, 0) is 27.3 Å². The Morgan fingerprint density at radius 3 is 2.52 bits per heavy atom. The van der Waals surface area contributed by atoms with Gasteiger partial charge < -0.3 is 23.7 Å². The number of carbonyl (C=O) groups is 3. The molecule has 1 heterocycles. The van der Waals surface area contributed by atoms with Crippen molar-refractivity contribution in [2.24, 2.45) is 0 Å². The van der Waals surface area contributed by atoms with E-state index in [1.54, 1.807) is 50.2 Å². The maximum atomic E-state index is 11.9. The van der Waals surface area contributed by atoms with Crippen LogP contribution in [0.15, 0.2) is 45.3 Å². The number of aromatic carboxylic acids is 1. The van der Waals surface area contributed by atoms with Gasteiger partial charge in [0, 0.05) is 15.4 Å². The van der Waals surface area contributed by atoms with Crippen LogP contribution in [0.4, 0.5) is 10.5 Å². The number of rotatable bonds is 9. The van der Waals surface area contributed by atoms with Crippen molar-refractivity contribution in [2.45, 2.75) is 26.9 Å². The fourth-order valence-corrected chi connectivity index (χ4v) is 3.67. The Morgan fingerprint density at radius 1 is 1.09 bits per heavy atom. The lowest BCUT2D eigenvalue weighted by molar-refractivity contribution is -0.142. The molecule has 0 aliphatic carbocycles. The predicted molar refractivity (Wildman–Crippen MR) is 123 cm³/mol. The van der Waals surface area contributed by atoms with Gasteiger partial charge in [-0.2, -0.15) is 0 Å². The summed E-state index contributed by atoms with van der Waals surface area (Å²) >= 11 is 3.37. The Kier molecular flexibility index (Phi) is 7.94. The fraction of sp³-hybridized carbons (Fsp3) is 0.261. The van der Waals surface area contributed by atoms with Crippen LogP contribution in [0.25, 0.3) is 11.0 Å². The van der Waals surface area contributed by atoms with E-state index in [9.17, 15) is 19.5 Å². The standard InChI is InChI=1S/C23H22BrNO8/c1-3-30-19(26)9-13-7-5-6-8-18(13)32-12-16-15-10-14(24)11-17(25-23(29)31-4-2)20(15)33-21(16)22(27)28/h5-8,10-11H,3-4,9,12H2,1-2H3,(H,25,29)(H,27,28). The summed E-state index contributed by atoms with van der Waals surface area (Å²) in [6.07, 6.45) is -0.683. The Balaban J connectivity index is 1.96. The van der Waals surface area contributed by atoms with Crippen LogP contribution in [0.2, 0.25) is 0 Å². The van der Waals surface area contributed by atoms with Crippen molar-refractivity contribution in [2.75, 3.05) is 18.5 Å². The molecule has 10 heteroatoms. The van der Waals surface area contributed by atoms with E-state index in [-0.39, 0.29) is 48.8 Å². The second-order valence-corrected chi connectivity index (χ2v) is 7.68. The first-order valence-electron chi connectivity index (χ1n) is 10.1. The van der Waals surface area contributed by atoms with Crippen molar-refractivity contribution >= 4 is 50.6 Å². The van der Waals surface area contributed by atoms with E-state index in [1.807, 2.05) is 0 Å². The zero-order valence-electron chi connectivity index (χ0n) is 18.0. The predicted octanol–water partition coefficient (Wildman–Crippen LogP) is 5.15. The van der Waals surface area contributed by atoms with E-state index in [4.69, 9.17) is 18.6 Å². The van der Waals surface area contributed by atoms with Gasteiger partial charge in [0.2, 0.25) is 5.76 Å². The third-order valence-electron chi connectivity index (χ3n) is 4.55. The van der Waals surface area contributed by atoms with E-state index in [1.165, 1.54) is 0 Å². The van der Waals surface area contributed by atoms with E-state index in [0.717, 1.165) is 0 Å². The SMILES string of the molecule is CCOC(=O)Cc1ccccc1OCc1c(C(=O)O)oc2c(NC(=O)OCC)cc(Br)cc12. The number of halogens is 1. The number of carbonyl (C=O) groups excluding carboxylic acids is 2. The Morgan fingerprint density at radius 2 is 1.82 bits per heavy atom. The maximum absolute atomic E-state index is 11.9. The average molecular weight is 520 g/mol. The van der Waals surface area contributed by atoms with Crippen LogP contribution in [0.1, 0.15) is 35.5 Å². The molecule has 33 heavy (non-hydrogen) atoms. The number of esters is 1. The summed E-state index contributed by atoms with van der Waals surface area (Å²) in [5, 5.41) is 12.7. The first kappa shape index (κ1) is 24.1. The van der Waals surface area contributed by atoms with Crippen LogP contribution >= 0.6 is 15.9 Å². The van der Waals surface area contributed by atoms with Crippen LogP contribution in [-0.4, -0.2) is 36.4 Å². The van der Waals surface area contributed by atoms with Crippen molar-refractivity contribution in [1.82, 2.24) is 0 Å². The van der Waals surface area contributed by atoms with Crippen molar-refractivity contribution in [3.05, 3.63) is 57.8 Å². The Hall–Kier alpha value is -3.53. The summed E-state index contributed by atoms with van der Waals surface area (Å²) < 4.78 is 22.0. The number of fused-ring (bicyclic) bond motifs is 1. The molecule has 2 N–H and O–H groups in total. The minimum atomic E-state index is -1.29. The summed E-state index contributed by atoms with van der Waals surface area (Å²) in [5.41, 5.74) is 1.29. The van der Waals surface area contributed by atoms with Gasteiger partial charge in [-0.15, -0.1) is 0 Å². The van der Waals surface area contributed by atoms with Gasteiger partial charge in [-0.05, 0) is 32.0 Å². The topological polar surface area (TPSA) is 124 Å².